The van der Waals surface area contributed by atoms with Crippen LogP contribution in [0.3, 0.4) is 0 Å². The highest BCUT2D eigenvalue weighted by molar-refractivity contribution is 5.77. The summed E-state index contributed by atoms with van der Waals surface area (Å²) in [6, 6.07) is 10.2. The summed E-state index contributed by atoms with van der Waals surface area (Å²) < 4.78 is 0. The van der Waals surface area contributed by atoms with Crippen LogP contribution in [-0.2, 0) is 0 Å². The molecule has 17 heavy (non-hydrogen) atoms. The Bertz CT molecular complexity index is 380. The Morgan fingerprint density at radius 3 is 2.71 bits per heavy atom. The van der Waals surface area contributed by atoms with E-state index < -0.39 is 0 Å². The zero-order chi connectivity index (χ0) is 12.3. The van der Waals surface area contributed by atoms with E-state index in [0.717, 1.165) is 5.56 Å². The van der Waals surface area contributed by atoms with Gasteiger partial charge in [0.25, 0.3) is 0 Å². The van der Waals surface area contributed by atoms with E-state index in [1.165, 1.54) is 0 Å². The van der Waals surface area contributed by atoms with Crippen molar-refractivity contribution in [2.45, 2.75) is 12.5 Å². The van der Waals surface area contributed by atoms with Crippen LogP contribution < -0.4 is 0 Å². The van der Waals surface area contributed by atoms with Gasteiger partial charge in [0.15, 0.2) is 0 Å². The molecule has 1 aliphatic heterocycles. The van der Waals surface area contributed by atoms with Crippen LogP contribution in [0.4, 0.5) is 4.79 Å². The number of hydrogen-bond donors (Lipinski definition) is 1. The van der Waals surface area contributed by atoms with Crippen LogP contribution in [0.1, 0.15) is 18.0 Å². The van der Waals surface area contributed by atoms with Crippen molar-refractivity contribution in [2.24, 2.45) is 0 Å². The number of urea groups is 1. The van der Waals surface area contributed by atoms with Crippen molar-refractivity contribution in [3.05, 3.63) is 35.9 Å². The number of rotatable bonds is 4. The molecule has 2 rings (SSSR count). The van der Waals surface area contributed by atoms with Gasteiger partial charge in [0.2, 0.25) is 0 Å². The zero-order valence-corrected chi connectivity index (χ0v) is 10.0. The van der Waals surface area contributed by atoms with Crippen molar-refractivity contribution in [2.75, 3.05) is 26.7 Å². The maximum atomic E-state index is 12.0. The first-order valence-corrected chi connectivity index (χ1v) is 5.91. The lowest BCUT2D eigenvalue weighted by atomic mass is 10.1. The molecule has 1 saturated heterocycles. The molecule has 1 heterocycles. The Morgan fingerprint density at radius 2 is 2.06 bits per heavy atom. The number of likely N-dealkylation sites (N-methyl/N-ethyl adjacent to an activating group) is 1. The highest BCUT2D eigenvalue weighted by atomic mass is 16.3. The lowest BCUT2D eigenvalue weighted by Crippen LogP contribution is -2.30. The number of carbonyl (C=O) groups excluding carboxylic acids is 1. The Balaban J connectivity index is 2.09. The number of aliphatic hydroxyl groups is 1. The van der Waals surface area contributed by atoms with E-state index in [4.69, 9.17) is 5.11 Å². The molecule has 0 aliphatic carbocycles. The predicted molar refractivity (Wildman–Crippen MR) is 65.6 cm³/mol. The molecule has 92 valence electrons. The van der Waals surface area contributed by atoms with Gasteiger partial charge in [0.1, 0.15) is 0 Å². The maximum Gasteiger partial charge on any atom is 0.320 e. The first-order chi connectivity index (χ1) is 8.24. The lowest BCUT2D eigenvalue weighted by molar-refractivity contribution is 0.191. The van der Waals surface area contributed by atoms with Gasteiger partial charge in [-0.1, -0.05) is 30.3 Å². The normalized spacial score (nSPS) is 20.1. The Hall–Kier alpha value is -1.55. The molecule has 0 aromatic heterocycles. The smallest absolute Gasteiger partial charge is 0.320 e. The number of benzene rings is 1. The fourth-order valence-electron chi connectivity index (χ4n) is 2.22. The van der Waals surface area contributed by atoms with Gasteiger partial charge in [-0.05, 0) is 12.0 Å². The van der Waals surface area contributed by atoms with Gasteiger partial charge in [0, 0.05) is 26.7 Å². The average Bonchev–Trinajstić information content (AvgIpc) is 2.65. The summed E-state index contributed by atoms with van der Waals surface area (Å²) in [5, 5.41) is 8.81. The largest absolute Gasteiger partial charge is 0.396 e. The Kier molecular flexibility index (Phi) is 3.64. The molecule has 4 nitrogen and oxygen atoms in total. The van der Waals surface area contributed by atoms with E-state index >= 15 is 0 Å². The summed E-state index contributed by atoms with van der Waals surface area (Å²) in [5.74, 6) is 0. The molecule has 0 radical (unpaired) electrons. The fourth-order valence-corrected chi connectivity index (χ4v) is 2.22. The number of hydrogen-bond acceptors (Lipinski definition) is 2. The van der Waals surface area contributed by atoms with Gasteiger partial charge in [0.05, 0.1) is 6.04 Å². The molecule has 1 unspecified atom stereocenters. The van der Waals surface area contributed by atoms with Crippen LogP contribution in [0.15, 0.2) is 30.3 Å². The van der Waals surface area contributed by atoms with Crippen molar-refractivity contribution in [1.82, 2.24) is 9.80 Å². The first kappa shape index (κ1) is 11.9. The first-order valence-electron chi connectivity index (χ1n) is 5.91. The number of amides is 2. The minimum Gasteiger partial charge on any atom is -0.396 e. The summed E-state index contributed by atoms with van der Waals surface area (Å²) in [6.45, 7) is 1.46. The van der Waals surface area contributed by atoms with Crippen LogP contribution in [0.5, 0.6) is 0 Å². The van der Waals surface area contributed by atoms with Crippen molar-refractivity contribution in [3.63, 3.8) is 0 Å². The van der Waals surface area contributed by atoms with E-state index in [9.17, 15) is 4.79 Å². The van der Waals surface area contributed by atoms with E-state index in [0.29, 0.717) is 19.5 Å². The van der Waals surface area contributed by atoms with Crippen LogP contribution >= 0.6 is 0 Å². The van der Waals surface area contributed by atoms with Crippen LogP contribution in [0, 0.1) is 0 Å². The predicted octanol–water partition coefficient (Wildman–Crippen LogP) is 1.48. The highest BCUT2D eigenvalue weighted by Gasteiger charge is 2.34. The number of nitrogens with zero attached hydrogens (tertiary/aromatic N) is 2. The van der Waals surface area contributed by atoms with Crippen LogP contribution in [0.2, 0.25) is 0 Å². The van der Waals surface area contributed by atoms with Crippen LogP contribution in [0.25, 0.3) is 0 Å². The third-order valence-corrected chi connectivity index (χ3v) is 3.20. The summed E-state index contributed by atoms with van der Waals surface area (Å²) >= 11 is 0. The molecule has 1 aromatic rings. The topological polar surface area (TPSA) is 43.8 Å². The molecule has 1 N–H and O–H groups in total. The van der Waals surface area contributed by atoms with Gasteiger partial charge >= 0.3 is 6.03 Å². The van der Waals surface area contributed by atoms with Gasteiger partial charge in [-0.15, -0.1) is 0 Å². The molecular weight excluding hydrogens is 216 g/mol. The average molecular weight is 234 g/mol. The van der Waals surface area contributed by atoms with Crippen molar-refractivity contribution in [3.8, 4) is 0 Å². The fraction of sp³-hybridized carbons (Fsp3) is 0.462. The molecule has 0 saturated carbocycles. The van der Waals surface area contributed by atoms with Gasteiger partial charge in [-0.2, -0.15) is 0 Å². The van der Waals surface area contributed by atoms with Gasteiger partial charge in [-0.25, -0.2) is 4.79 Å². The number of carbonyl (C=O) groups is 1. The second-order valence-corrected chi connectivity index (χ2v) is 4.34. The van der Waals surface area contributed by atoms with Gasteiger partial charge in [-0.3, -0.25) is 0 Å². The summed E-state index contributed by atoms with van der Waals surface area (Å²) in [7, 11) is 1.83. The van der Waals surface area contributed by atoms with E-state index in [1.807, 2.05) is 37.4 Å². The van der Waals surface area contributed by atoms with E-state index in [-0.39, 0.29) is 18.7 Å². The minimum atomic E-state index is 0.0484. The summed E-state index contributed by atoms with van der Waals surface area (Å²) in [4.78, 5) is 15.5. The third-order valence-electron chi connectivity index (χ3n) is 3.20. The second kappa shape index (κ2) is 5.19. The highest BCUT2D eigenvalue weighted by Crippen LogP contribution is 2.27. The SMILES string of the molecule is CN1C(=O)N(CCCO)CC1c1ccccc1. The Morgan fingerprint density at radius 1 is 1.35 bits per heavy atom. The summed E-state index contributed by atoms with van der Waals surface area (Å²) in [6.07, 6.45) is 0.640. The monoisotopic (exact) mass is 234 g/mol. The maximum absolute atomic E-state index is 12.0. The van der Waals surface area contributed by atoms with E-state index in [1.54, 1.807) is 9.80 Å². The molecule has 4 heteroatoms. The molecule has 0 bridgehead atoms. The molecule has 0 spiro atoms. The molecule has 1 atom stereocenters. The van der Waals surface area contributed by atoms with Crippen molar-refractivity contribution in [1.29, 1.82) is 0 Å². The molecule has 2 amide bonds. The van der Waals surface area contributed by atoms with Gasteiger partial charge < -0.3 is 14.9 Å². The Labute approximate surface area is 101 Å². The molecule has 1 aliphatic rings. The molecule has 1 fully saturated rings. The van der Waals surface area contributed by atoms with Crippen molar-refractivity contribution < 1.29 is 9.90 Å². The minimum absolute atomic E-state index is 0.0484. The van der Waals surface area contributed by atoms with Crippen LogP contribution in [-0.4, -0.2) is 47.7 Å². The van der Waals surface area contributed by atoms with Crippen molar-refractivity contribution >= 4 is 6.03 Å². The number of aliphatic hydroxyl groups excluding tert-OH is 1. The lowest BCUT2D eigenvalue weighted by Gasteiger charge is -2.17. The summed E-state index contributed by atoms with van der Waals surface area (Å²) in [5.41, 5.74) is 1.16. The van der Waals surface area contributed by atoms with E-state index in [2.05, 4.69) is 0 Å². The zero-order valence-electron chi connectivity index (χ0n) is 10.0. The second-order valence-electron chi connectivity index (χ2n) is 4.34. The molecule has 1 aromatic carbocycles. The quantitative estimate of drug-likeness (QED) is 0.857. The molecular formula is C13H18N2O2. The third kappa shape index (κ3) is 2.42. The standard InChI is InChI=1S/C13H18N2O2/c1-14-12(11-6-3-2-4-7-11)10-15(13(14)17)8-5-9-16/h2-4,6-7,12,16H,5,8-10H2,1H3.